The van der Waals surface area contributed by atoms with Crippen LogP contribution >= 0.6 is 0 Å². The number of hydrogen-bond acceptors (Lipinski definition) is 4. The van der Waals surface area contributed by atoms with E-state index in [4.69, 9.17) is 9.84 Å². The van der Waals surface area contributed by atoms with E-state index in [9.17, 15) is 4.79 Å². The zero-order valence-electron chi connectivity index (χ0n) is 12.8. The third kappa shape index (κ3) is 3.42. The Hall–Kier alpha value is -1.59. The van der Waals surface area contributed by atoms with Crippen molar-refractivity contribution in [3.63, 3.8) is 0 Å². The van der Waals surface area contributed by atoms with E-state index in [0.29, 0.717) is 13.2 Å². The van der Waals surface area contributed by atoms with Gasteiger partial charge in [-0.2, -0.15) is 0 Å². The number of piperidine rings is 1. The number of carbonyl (C=O) groups is 1. The van der Waals surface area contributed by atoms with E-state index in [1.165, 1.54) is 0 Å². The molecule has 5 nitrogen and oxygen atoms in total. The van der Waals surface area contributed by atoms with Gasteiger partial charge in [-0.05, 0) is 55.5 Å². The second-order valence-corrected chi connectivity index (χ2v) is 6.30. The lowest BCUT2D eigenvalue weighted by molar-refractivity contribution is -0.123. The molecule has 0 aromatic heterocycles. The summed E-state index contributed by atoms with van der Waals surface area (Å²) in [5, 5.41) is 15.1. The Bertz CT molecular complexity index is 509. The van der Waals surface area contributed by atoms with Crippen molar-refractivity contribution in [3.05, 3.63) is 29.8 Å². The van der Waals surface area contributed by atoms with Crippen molar-refractivity contribution in [1.82, 2.24) is 10.6 Å². The molecule has 1 aromatic rings. The third-order valence-corrected chi connectivity index (χ3v) is 4.86. The largest absolute Gasteiger partial charge is 0.491 e. The third-order valence-electron chi connectivity index (χ3n) is 4.86. The quantitative estimate of drug-likeness (QED) is 0.735. The van der Waals surface area contributed by atoms with E-state index >= 15 is 0 Å². The van der Waals surface area contributed by atoms with Gasteiger partial charge < -0.3 is 20.5 Å². The number of nitrogens with one attached hydrogen (secondary N) is 2. The minimum atomic E-state index is 0.0104. The van der Waals surface area contributed by atoms with Crippen molar-refractivity contribution in [3.8, 4) is 5.75 Å². The van der Waals surface area contributed by atoms with Gasteiger partial charge in [0.25, 0.3) is 0 Å². The molecule has 1 heterocycles. The van der Waals surface area contributed by atoms with Crippen molar-refractivity contribution in [2.45, 2.75) is 25.8 Å². The summed E-state index contributed by atoms with van der Waals surface area (Å²) < 4.78 is 5.32. The van der Waals surface area contributed by atoms with Gasteiger partial charge in [-0.3, -0.25) is 4.79 Å². The number of aliphatic hydroxyl groups is 1. The number of amides is 1. The molecule has 0 radical (unpaired) electrons. The second-order valence-electron chi connectivity index (χ2n) is 6.30. The Morgan fingerprint density at radius 2 is 2.05 bits per heavy atom. The fraction of sp³-hybridized carbons (Fsp3) is 0.588. The van der Waals surface area contributed by atoms with Gasteiger partial charge in [-0.1, -0.05) is 12.1 Å². The van der Waals surface area contributed by atoms with E-state index in [2.05, 4.69) is 10.6 Å². The lowest BCUT2D eigenvalue weighted by Gasteiger charge is -2.23. The smallest absolute Gasteiger partial charge is 0.223 e. The van der Waals surface area contributed by atoms with Crippen LogP contribution in [-0.2, 0) is 11.3 Å². The van der Waals surface area contributed by atoms with Gasteiger partial charge in [0, 0.05) is 12.5 Å². The minimum Gasteiger partial charge on any atom is -0.491 e. The zero-order valence-corrected chi connectivity index (χ0v) is 12.8. The second kappa shape index (κ2) is 6.67. The topological polar surface area (TPSA) is 70.6 Å². The van der Waals surface area contributed by atoms with Crippen LogP contribution in [0.4, 0.5) is 0 Å². The molecule has 1 amide bonds. The molecule has 1 saturated heterocycles. The van der Waals surface area contributed by atoms with Gasteiger partial charge in [0.1, 0.15) is 12.4 Å². The van der Waals surface area contributed by atoms with Crippen LogP contribution in [0.15, 0.2) is 24.3 Å². The van der Waals surface area contributed by atoms with Gasteiger partial charge in [0.15, 0.2) is 0 Å². The lowest BCUT2D eigenvalue weighted by atomic mass is 9.92. The molecule has 1 aliphatic carbocycles. The number of aliphatic hydroxyl groups excluding tert-OH is 1. The number of hydrogen-bond donors (Lipinski definition) is 3. The average molecular weight is 304 g/mol. The molecule has 1 spiro atoms. The first-order valence-corrected chi connectivity index (χ1v) is 8.04. The van der Waals surface area contributed by atoms with Gasteiger partial charge >= 0.3 is 0 Å². The summed E-state index contributed by atoms with van der Waals surface area (Å²) in [6.07, 6.45) is 3.30. The van der Waals surface area contributed by atoms with Crippen molar-refractivity contribution >= 4 is 5.91 Å². The van der Waals surface area contributed by atoms with Crippen molar-refractivity contribution in [2.24, 2.45) is 11.3 Å². The van der Waals surface area contributed by atoms with E-state index in [1.54, 1.807) is 0 Å². The van der Waals surface area contributed by atoms with Crippen LogP contribution in [0, 0.1) is 11.3 Å². The Labute approximate surface area is 131 Å². The van der Waals surface area contributed by atoms with Crippen LogP contribution in [-0.4, -0.2) is 37.3 Å². The molecule has 3 N–H and O–H groups in total. The molecule has 1 aliphatic heterocycles. The Morgan fingerprint density at radius 1 is 1.32 bits per heavy atom. The van der Waals surface area contributed by atoms with Crippen LogP contribution in [0.2, 0.25) is 0 Å². The van der Waals surface area contributed by atoms with Crippen LogP contribution in [0.5, 0.6) is 5.75 Å². The molecular weight excluding hydrogens is 280 g/mol. The van der Waals surface area contributed by atoms with E-state index < -0.39 is 0 Å². The molecule has 5 heteroatoms. The predicted molar refractivity (Wildman–Crippen MR) is 83.5 cm³/mol. The van der Waals surface area contributed by atoms with Crippen LogP contribution in [0.3, 0.4) is 0 Å². The summed E-state index contributed by atoms with van der Waals surface area (Å²) in [6, 6.07) is 7.62. The van der Waals surface area contributed by atoms with Crippen molar-refractivity contribution in [2.75, 3.05) is 26.3 Å². The molecule has 2 fully saturated rings. The molecular formula is C17H24N2O3. The van der Waals surface area contributed by atoms with Crippen LogP contribution in [0.25, 0.3) is 0 Å². The first-order chi connectivity index (χ1) is 10.7. The molecule has 1 saturated carbocycles. The minimum absolute atomic E-state index is 0.0104. The molecule has 1 atom stereocenters. The summed E-state index contributed by atoms with van der Waals surface area (Å²) in [4.78, 5) is 12.3. The van der Waals surface area contributed by atoms with Gasteiger partial charge in [-0.15, -0.1) is 0 Å². The normalized spacial score (nSPS) is 22.3. The maximum Gasteiger partial charge on any atom is 0.223 e. The highest BCUT2D eigenvalue weighted by Gasteiger charge is 2.57. The summed E-state index contributed by atoms with van der Waals surface area (Å²) in [5.41, 5.74) is 1.35. The Balaban J connectivity index is 1.45. The maximum atomic E-state index is 12.3. The van der Waals surface area contributed by atoms with Crippen molar-refractivity contribution < 1.29 is 14.6 Å². The highest BCUT2D eigenvalue weighted by atomic mass is 16.5. The molecule has 0 bridgehead atoms. The summed E-state index contributed by atoms with van der Waals surface area (Å²) in [5.74, 6) is 1.14. The number of rotatable bonds is 6. The molecule has 120 valence electrons. The monoisotopic (exact) mass is 304 g/mol. The fourth-order valence-electron chi connectivity index (χ4n) is 3.38. The van der Waals surface area contributed by atoms with Crippen LogP contribution in [0.1, 0.15) is 24.8 Å². The number of carbonyl (C=O) groups excluding carboxylic acids is 1. The number of ether oxygens (including phenoxy) is 1. The SMILES string of the molecule is O=C(NCc1ccc(OCCO)cc1)C1CC12CCNCC2. The van der Waals surface area contributed by atoms with E-state index in [0.717, 1.165) is 43.7 Å². The maximum absolute atomic E-state index is 12.3. The summed E-state index contributed by atoms with van der Waals surface area (Å²) in [7, 11) is 0. The Kier molecular flexibility index (Phi) is 4.64. The van der Waals surface area contributed by atoms with E-state index in [-0.39, 0.29) is 23.8 Å². The van der Waals surface area contributed by atoms with Gasteiger partial charge in [-0.25, -0.2) is 0 Å². The molecule has 1 aromatic carbocycles. The van der Waals surface area contributed by atoms with Crippen molar-refractivity contribution in [1.29, 1.82) is 0 Å². The van der Waals surface area contributed by atoms with Gasteiger partial charge in [0.2, 0.25) is 5.91 Å². The fourth-order valence-corrected chi connectivity index (χ4v) is 3.38. The Morgan fingerprint density at radius 3 is 2.73 bits per heavy atom. The number of benzene rings is 1. The standard InChI is InChI=1S/C17H24N2O3/c20-9-10-22-14-3-1-13(2-4-14)12-19-16(21)15-11-17(15)5-7-18-8-6-17/h1-4,15,18,20H,5-12H2,(H,19,21). The molecule has 2 aliphatic rings. The summed E-state index contributed by atoms with van der Waals surface area (Å²) in [6.45, 7) is 2.95. The highest BCUT2D eigenvalue weighted by Crippen LogP contribution is 2.58. The first kappa shape index (κ1) is 15.3. The first-order valence-electron chi connectivity index (χ1n) is 8.04. The molecule has 22 heavy (non-hydrogen) atoms. The summed E-state index contributed by atoms with van der Waals surface area (Å²) >= 11 is 0. The highest BCUT2D eigenvalue weighted by molar-refractivity contribution is 5.82. The van der Waals surface area contributed by atoms with E-state index in [1.807, 2.05) is 24.3 Å². The zero-order chi connectivity index (χ0) is 15.4. The molecule has 3 rings (SSSR count). The lowest BCUT2D eigenvalue weighted by Crippen LogP contribution is -2.33. The molecule has 1 unspecified atom stereocenters. The van der Waals surface area contributed by atoms with Gasteiger partial charge in [0.05, 0.1) is 6.61 Å². The average Bonchev–Trinajstić information content (AvgIpc) is 3.25. The predicted octanol–water partition coefficient (Wildman–Crippen LogP) is 1.06. The van der Waals surface area contributed by atoms with Crippen LogP contribution < -0.4 is 15.4 Å².